The van der Waals surface area contributed by atoms with Crippen LogP contribution in [0.4, 0.5) is 4.79 Å². The SMILES string of the molecule is CN(C)CC1CCC(NC(=O)NC2CCCC23CCOCC3)CC1. The molecule has 3 rings (SSSR count). The summed E-state index contributed by atoms with van der Waals surface area (Å²) in [7, 11) is 4.29. The normalized spacial score (nSPS) is 32.9. The second kappa shape index (κ2) is 8.05. The van der Waals surface area contributed by atoms with Crippen LogP contribution in [0, 0.1) is 11.3 Å². The zero-order valence-electron chi connectivity index (χ0n) is 15.5. The van der Waals surface area contributed by atoms with Crippen LogP contribution in [0.25, 0.3) is 0 Å². The van der Waals surface area contributed by atoms with E-state index in [-0.39, 0.29) is 6.03 Å². The highest BCUT2D eigenvalue weighted by Gasteiger charge is 2.44. The number of carbonyl (C=O) groups excluding carboxylic acids is 1. The maximum atomic E-state index is 12.5. The fraction of sp³-hybridized carbons (Fsp3) is 0.947. The molecule has 1 saturated heterocycles. The smallest absolute Gasteiger partial charge is 0.315 e. The van der Waals surface area contributed by atoms with Crippen molar-refractivity contribution in [2.24, 2.45) is 11.3 Å². The molecule has 5 nitrogen and oxygen atoms in total. The van der Waals surface area contributed by atoms with Crippen molar-refractivity contribution in [2.75, 3.05) is 33.9 Å². The Kier molecular flexibility index (Phi) is 6.03. The molecular formula is C19H35N3O2. The van der Waals surface area contributed by atoms with Gasteiger partial charge in [-0.2, -0.15) is 0 Å². The fourth-order valence-electron chi connectivity index (χ4n) is 5.13. The molecular weight excluding hydrogens is 302 g/mol. The molecule has 2 N–H and O–H groups in total. The predicted octanol–water partition coefficient (Wildman–Crippen LogP) is 2.76. The average Bonchev–Trinajstić information content (AvgIpc) is 2.91. The largest absolute Gasteiger partial charge is 0.381 e. The molecule has 2 amide bonds. The van der Waals surface area contributed by atoms with Gasteiger partial charge in [0.25, 0.3) is 0 Å². The minimum absolute atomic E-state index is 0.0591. The summed E-state index contributed by atoms with van der Waals surface area (Å²) >= 11 is 0. The van der Waals surface area contributed by atoms with E-state index in [4.69, 9.17) is 4.74 Å². The zero-order valence-corrected chi connectivity index (χ0v) is 15.5. The van der Waals surface area contributed by atoms with Crippen molar-refractivity contribution < 1.29 is 9.53 Å². The van der Waals surface area contributed by atoms with Crippen molar-refractivity contribution in [3.8, 4) is 0 Å². The lowest BCUT2D eigenvalue weighted by atomic mass is 9.75. The van der Waals surface area contributed by atoms with Gasteiger partial charge in [-0.15, -0.1) is 0 Å². The summed E-state index contributed by atoms with van der Waals surface area (Å²) < 4.78 is 5.54. The number of hydrogen-bond acceptors (Lipinski definition) is 3. The van der Waals surface area contributed by atoms with Crippen molar-refractivity contribution in [1.82, 2.24) is 15.5 Å². The van der Waals surface area contributed by atoms with Gasteiger partial charge in [-0.3, -0.25) is 0 Å². The second-order valence-electron chi connectivity index (χ2n) is 8.52. The van der Waals surface area contributed by atoms with Crippen LogP contribution in [0.3, 0.4) is 0 Å². The third-order valence-corrected chi connectivity index (χ3v) is 6.51. The number of ether oxygens (including phenoxy) is 1. The third kappa shape index (κ3) is 4.42. The first kappa shape index (κ1) is 18.0. The molecule has 1 heterocycles. The van der Waals surface area contributed by atoms with Crippen LogP contribution in [0.5, 0.6) is 0 Å². The summed E-state index contributed by atoms with van der Waals surface area (Å²) in [6.07, 6.45) is 10.5. The lowest BCUT2D eigenvalue weighted by Gasteiger charge is -2.39. The molecule has 24 heavy (non-hydrogen) atoms. The van der Waals surface area contributed by atoms with E-state index in [1.807, 2.05) is 0 Å². The lowest BCUT2D eigenvalue weighted by Crippen LogP contribution is -2.52. The Morgan fingerprint density at radius 3 is 2.42 bits per heavy atom. The van der Waals surface area contributed by atoms with E-state index in [1.54, 1.807) is 0 Å². The summed E-state index contributed by atoms with van der Waals surface area (Å²) in [5.74, 6) is 0.793. The van der Waals surface area contributed by atoms with E-state index in [1.165, 1.54) is 32.2 Å². The first-order chi connectivity index (χ1) is 11.6. The molecule has 0 radical (unpaired) electrons. The van der Waals surface area contributed by atoms with Crippen LogP contribution in [0.1, 0.15) is 57.8 Å². The minimum atomic E-state index is 0.0591. The molecule has 0 aromatic carbocycles. The maximum Gasteiger partial charge on any atom is 0.315 e. The van der Waals surface area contributed by atoms with E-state index in [0.717, 1.165) is 51.2 Å². The van der Waals surface area contributed by atoms with Crippen LogP contribution in [-0.4, -0.2) is 56.9 Å². The Balaban J connectivity index is 1.43. The van der Waals surface area contributed by atoms with Crippen molar-refractivity contribution in [2.45, 2.75) is 69.9 Å². The van der Waals surface area contributed by atoms with Crippen LogP contribution >= 0.6 is 0 Å². The predicted molar refractivity (Wildman–Crippen MR) is 96.1 cm³/mol. The van der Waals surface area contributed by atoms with Crippen molar-refractivity contribution in [1.29, 1.82) is 0 Å². The Morgan fingerprint density at radius 2 is 1.75 bits per heavy atom. The molecule has 3 aliphatic rings. The monoisotopic (exact) mass is 337 g/mol. The van der Waals surface area contributed by atoms with Crippen molar-refractivity contribution >= 4 is 6.03 Å². The highest BCUT2D eigenvalue weighted by Crippen LogP contribution is 2.45. The molecule has 1 unspecified atom stereocenters. The first-order valence-electron chi connectivity index (χ1n) is 9.87. The maximum absolute atomic E-state index is 12.5. The summed E-state index contributed by atoms with van der Waals surface area (Å²) in [5, 5.41) is 6.56. The minimum Gasteiger partial charge on any atom is -0.381 e. The summed E-state index contributed by atoms with van der Waals surface area (Å²) in [4.78, 5) is 14.8. The van der Waals surface area contributed by atoms with Gasteiger partial charge >= 0.3 is 6.03 Å². The van der Waals surface area contributed by atoms with Crippen LogP contribution in [-0.2, 0) is 4.74 Å². The lowest BCUT2D eigenvalue weighted by molar-refractivity contribution is 0.00615. The third-order valence-electron chi connectivity index (χ3n) is 6.51. The molecule has 2 aliphatic carbocycles. The van der Waals surface area contributed by atoms with E-state index in [0.29, 0.717) is 17.5 Å². The number of urea groups is 1. The van der Waals surface area contributed by atoms with Gasteiger partial charge in [-0.1, -0.05) is 6.42 Å². The van der Waals surface area contributed by atoms with Gasteiger partial charge in [0.1, 0.15) is 0 Å². The first-order valence-corrected chi connectivity index (χ1v) is 9.87. The standard InChI is InChI=1S/C19H35N3O2/c1-22(2)14-15-5-7-16(8-6-15)20-18(23)21-17-4-3-9-19(17)10-12-24-13-11-19/h15-17H,3-14H2,1-2H3,(H2,20,21,23). The highest BCUT2D eigenvalue weighted by atomic mass is 16.5. The topological polar surface area (TPSA) is 53.6 Å². The summed E-state index contributed by atoms with van der Waals surface area (Å²) in [6.45, 7) is 2.89. The van der Waals surface area contributed by atoms with Gasteiger partial charge in [0.2, 0.25) is 0 Å². The van der Waals surface area contributed by atoms with E-state index in [9.17, 15) is 4.79 Å². The van der Waals surface area contributed by atoms with E-state index < -0.39 is 0 Å². The van der Waals surface area contributed by atoms with Gasteiger partial charge in [0.05, 0.1) is 0 Å². The van der Waals surface area contributed by atoms with Gasteiger partial charge in [0, 0.05) is 31.8 Å². The Hall–Kier alpha value is -0.810. The number of hydrogen-bond donors (Lipinski definition) is 2. The van der Waals surface area contributed by atoms with Crippen LogP contribution in [0.2, 0.25) is 0 Å². The second-order valence-corrected chi connectivity index (χ2v) is 8.52. The average molecular weight is 338 g/mol. The number of nitrogens with zero attached hydrogens (tertiary/aromatic N) is 1. The van der Waals surface area contributed by atoms with Gasteiger partial charge in [-0.25, -0.2) is 4.79 Å². The van der Waals surface area contributed by atoms with Gasteiger partial charge in [0.15, 0.2) is 0 Å². The van der Waals surface area contributed by atoms with Crippen LogP contribution < -0.4 is 10.6 Å². The number of amides is 2. The molecule has 0 aromatic rings. The zero-order chi connectivity index (χ0) is 17.0. The number of rotatable bonds is 4. The molecule has 5 heteroatoms. The summed E-state index contributed by atoms with van der Waals surface area (Å²) in [5.41, 5.74) is 0.305. The molecule has 3 fully saturated rings. The van der Waals surface area contributed by atoms with E-state index >= 15 is 0 Å². The molecule has 2 saturated carbocycles. The van der Waals surface area contributed by atoms with Gasteiger partial charge < -0.3 is 20.3 Å². The quantitative estimate of drug-likeness (QED) is 0.829. The van der Waals surface area contributed by atoms with Crippen molar-refractivity contribution in [3.63, 3.8) is 0 Å². The molecule has 1 spiro atoms. The molecule has 1 atom stereocenters. The number of nitrogens with one attached hydrogen (secondary N) is 2. The Labute approximate surface area is 146 Å². The molecule has 138 valence electrons. The van der Waals surface area contributed by atoms with Gasteiger partial charge in [-0.05, 0) is 76.8 Å². The van der Waals surface area contributed by atoms with Crippen LogP contribution in [0.15, 0.2) is 0 Å². The Morgan fingerprint density at radius 1 is 1.04 bits per heavy atom. The highest BCUT2D eigenvalue weighted by molar-refractivity contribution is 5.74. The van der Waals surface area contributed by atoms with Crippen molar-refractivity contribution in [3.05, 3.63) is 0 Å². The fourth-order valence-corrected chi connectivity index (χ4v) is 5.13. The number of carbonyl (C=O) groups is 1. The molecule has 0 aromatic heterocycles. The molecule has 0 bridgehead atoms. The Bertz CT molecular complexity index is 413. The molecule has 1 aliphatic heterocycles. The summed E-state index contributed by atoms with van der Waals surface area (Å²) in [6, 6.07) is 0.755. The van der Waals surface area contributed by atoms with E-state index in [2.05, 4.69) is 29.6 Å².